The van der Waals surface area contributed by atoms with E-state index in [0.717, 1.165) is 0 Å². The van der Waals surface area contributed by atoms with Crippen molar-refractivity contribution in [3.05, 3.63) is 0 Å². The number of hydrogen-bond acceptors (Lipinski definition) is 3. The summed E-state index contributed by atoms with van der Waals surface area (Å²) >= 11 is 0. The molecule has 0 aromatic heterocycles. The fraction of sp³-hybridized carbons (Fsp3) is 0.889. The highest BCUT2D eigenvalue weighted by molar-refractivity contribution is 5.67. The molecule has 76 valence electrons. The van der Waals surface area contributed by atoms with Gasteiger partial charge in [0.05, 0.1) is 6.61 Å². The van der Waals surface area contributed by atoms with Crippen LogP contribution in [0.2, 0.25) is 0 Å². The Morgan fingerprint density at radius 1 is 1.69 bits per heavy atom. The molecule has 0 aliphatic heterocycles. The normalized spacial score (nSPS) is 18.9. The van der Waals surface area contributed by atoms with Crippen molar-refractivity contribution in [2.45, 2.75) is 32.2 Å². The summed E-state index contributed by atoms with van der Waals surface area (Å²) in [5.41, 5.74) is 0. The summed E-state index contributed by atoms with van der Waals surface area (Å²) in [6.45, 7) is 1.94. The number of carbonyl (C=O) groups is 1. The lowest BCUT2D eigenvalue weighted by Crippen LogP contribution is -2.41. The van der Waals surface area contributed by atoms with Gasteiger partial charge in [0.25, 0.3) is 0 Å². The standard InChI is InChI=1S/C9H17NO3/c1-7(8-3-2-4-8)10-9(12)13-6-5-11/h7-8,11H,2-6H2,1H3,(H,10,12). The van der Waals surface area contributed by atoms with Crippen LogP contribution >= 0.6 is 0 Å². The Labute approximate surface area is 78.3 Å². The summed E-state index contributed by atoms with van der Waals surface area (Å²) in [6, 6.07) is 0.194. The number of alkyl carbamates (subject to hydrolysis) is 1. The number of aliphatic hydroxyl groups is 1. The van der Waals surface area contributed by atoms with Crippen LogP contribution in [0.15, 0.2) is 0 Å². The van der Waals surface area contributed by atoms with E-state index in [4.69, 9.17) is 5.11 Å². The largest absolute Gasteiger partial charge is 0.447 e. The molecule has 1 saturated carbocycles. The first-order valence-electron chi connectivity index (χ1n) is 4.78. The van der Waals surface area contributed by atoms with Crippen LogP contribution in [0.25, 0.3) is 0 Å². The lowest BCUT2D eigenvalue weighted by molar-refractivity contribution is 0.110. The molecule has 1 atom stereocenters. The number of ether oxygens (including phenoxy) is 1. The number of amides is 1. The van der Waals surface area contributed by atoms with Gasteiger partial charge in [-0.2, -0.15) is 0 Å². The van der Waals surface area contributed by atoms with Crippen LogP contribution in [0.4, 0.5) is 4.79 Å². The van der Waals surface area contributed by atoms with Crippen LogP contribution in [-0.2, 0) is 4.74 Å². The zero-order valence-electron chi connectivity index (χ0n) is 7.95. The minimum atomic E-state index is -0.423. The highest BCUT2D eigenvalue weighted by Gasteiger charge is 2.25. The number of aliphatic hydroxyl groups excluding tert-OH is 1. The molecule has 4 nitrogen and oxygen atoms in total. The van der Waals surface area contributed by atoms with Gasteiger partial charge in [-0.3, -0.25) is 0 Å². The monoisotopic (exact) mass is 187 g/mol. The van der Waals surface area contributed by atoms with Crippen molar-refractivity contribution in [1.82, 2.24) is 5.32 Å². The molecule has 1 rings (SSSR count). The maximum absolute atomic E-state index is 11.0. The lowest BCUT2D eigenvalue weighted by Gasteiger charge is -2.31. The second-order valence-electron chi connectivity index (χ2n) is 3.48. The topological polar surface area (TPSA) is 58.6 Å². The first-order chi connectivity index (χ1) is 6.24. The van der Waals surface area contributed by atoms with Gasteiger partial charge in [-0.1, -0.05) is 6.42 Å². The van der Waals surface area contributed by atoms with E-state index in [0.29, 0.717) is 5.92 Å². The molecule has 1 amide bonds. The third-order valence-corrected chi connectivity index (χ3v) is 2.53. The Kier molecular flexibility index (Phi) is 4.02. The summed E-state index contributed by atoms with van der Waals surface area (Å²) in [7, 11) is 0. The molecule has 1 aliphatic carbocycles. The second-order valence-corrected chi connectivity index (χ2v) is 3.48. The molecular weight excluding hydrogens is 170 g/mol. The van der Waals surface area contributed by atoms with Crippen LogP contribution in [0.1, 0.15) is 26.2 Å². The second kappa shape index (κ2) is 5.07. The van der Waals surface area contributed by atoms with Gasteiger partial charge in [-0.15, -0.1) is 0 Å². The molecule has 13 heavy (non-hydrogen) atoms. The minimum absolute atomic E-state index is 0.0726. The molecule has 0 heterocycles. The maximum atomic E-state index is 11.0. The molecule has 1 fully saturated rings. The SMILES string of the molecule is CC(NC(=O)OCCO)C1CCC1. The van der Waals surface area contributed by atoms with Crippen molar-refractivity contribution in [2.24, 2.45) is 5.92 Å². The maximum Gasteiger partial charge on any atom is 0.407 e. The van der Waals surface area contributed by atoms with E-state index in [1.807, 2.05) is 6.92 Å². The molecule has 4 heteroatoms. The molecule has 0 radical (unpaired) electrons. The molecule has 0 aromatic rings. The smallest absolute Gasteiger partial charge is 0.407 e. The van der Waals surface area contributed by atoms with Crippen LogP contribution in [0, 0.1) is 5.92 Å². The summed E-state index contributed by atoms with van der Waals surface area (Å²) in [5.74, 6) is 0.613. The Morgan fingerprint density at radius 3 is 2.85 bits per heavy atom. The number of rotatable bonds is 4. The molecule has 0 saturated heterocycles. The van der Waals surface area contributed by atoms with Gasteiger partial charge >= 0.3 is 6.09 Å². The zero-order valence-corrected chi connectivity index (χ0v) is 7.95. The van der Waals surface area contributed by atoms with E-state index < -0.39 is 6.09 Å². The third kappa shape index (κ3) is 3.22. The van der Waals surface area contributed by atoms with E-state index in [2.05, 4.69) is 10.1 Å². The van der Waals surface area contributed by atoms with Crippen molar-refractivity contribution >= 4 is 6.09 Å². The van der Waals surface area contributed by atoms with Gasteiger partial charge in [0, 0.05) is 6.04 Å². The fourth-order valence-electron chi connectivity index (χ4n) is 1.42. The number of nitrogens with one attached hydrogen (secondary N) is 1. The van der Waals surface area contributed by atoms with E-state index in [-0.39, 0.29) is 19.3 Å². The number of carbonyl (C=O) groups excluding carboxylic acids is 1. The molecule has 2 N–H and O–H groups in total. The molecular formula is C9H17NO3. The fourth-order valence-corrected chi connectivity index (χ4v) is 1.42. The average molecular weight is 187 g/mol. The van der Waals surface area contributed by atoms with Gasteiger partial charge in [-0.05, 0) is 25.7 Å². The van der Waals surface area contributed by atoms with Crippen molar-refractivity contribution in [3.8, 4) is 0 Å². The lowest BCUT2D eigenvalue weighted by atomic mass is 9.80. The van der Waals surface area contributed by atoms with Gasteiger partial charge in [0.1, 0.15) is 6.61 Å². The van der Waals surface area contributed by atoms with Gasteiger partial charge in [-0.25, -0.2) is 4.79 Å². The third-order valence-electron chi connectivity index (χ3n) is 2.53. The van der Waals surface area contributed by atoms with E-state index >= 15 is 0 Å². The van der Waals surface area contributed by atoms with E-state index in [1.165, 1.54) is 19.3 Å². The van der Waals surface area contributed by atoms with E-state index in [1.54, 1.807) is 0 Å². The first kappa shape index (κ1) is 10.3. The Hall–Kier alpha value is -0.770. The van der Waals surface area contributed by atoms with Crippen molar-refractivity contribution < 1.29 is 14.6 Å². The predicted molar refractivity (Wildman–Crippen MR) is 48.4 cm³/mol. The molecule has 1 aliphatic rings. The highest BCUT2D eigenvalue weighted by Crippen LogP contribution is 2.29. The van der Waals surface area contributed by atoms with Crippen molar-refractivity contribution in [2.75, 3.05) is 13.2 Å². The molecule has 0 spiro atoms. The zero-order chi connectivity index (χ0) is 9.68. The Balaban J connectivity index is 2.11. The van der Waals surface area contributed by atoms with Crippen molar-refractivity contribution in [3.63, 3.8) is 0 Å². The van der Waals surface area contributed by atoms with E-state index in [9.17, 15) is 4.79 Å². The molecule has 1 unspecified atom stereocenters. The van der Waals surface area contributed by atoms with Gasteiger partial charge in [0.2, 0.25) is 0 Å². The summed E-state index contributed by atoms with van der Waals surface area (Å²) in [4.78, 5) is 11.0. The van der Waals surface area contributed by atoms with Crippen LogP contribution < -0.4 is 5.32 Å². The van der Waals surface area contributed by atoms with Crippen molar-refractivity contribution in [1.29, 1.82) is 0 Å². The summed E-state index contributed by atoms with van der Waals surface area (Å²) in [6.07, 6.45) is 3.24. The quantitative estimate of drug-likeness (QED) is 0.687. The van der Waals surface area contributed by atoms with Gasteiger partial charge < -0.3 is 15.2 Å². The highest BCUT2D eigenvalue weighted by atomic mass is 16.6. The Bertz CT molecular complexity index is 168. The molecule has 0 bridgehead atoms. The summed E-state index contributed by atoms with van der Waals surface area (Å²) in [5, 5.41) is 11.2. The Morgan fingerprint density at radius 2 is 2.38 bits per heavy atom. The van der Waals surface area contributed by atoms with Crippen LogP contribution in [-0.4, -0.2) is 30.5 Å². The number of hydrogen-bond donors (Lipinski definition) is 2. The summed E-state index contributed by atoms with van der Waals surface area (Å²) < 4.78 is 4.68. The van der Waals surface area contributed by atoms with Crippen LogP contribution in [0.5, 0.6) is 0 Å². The minimum Gasteiger partial charge on any atom is -0.447 e. The first-order valence-corrected chi connectivity index (χ1v) is 4.78. The van der Waals surface area contributed by atoms with Crippen LogP contribution in [0.3, 0.4) is 0 Å². The average Bonchev–Trinajstić information content (AvgIpc) is 1.97. The van der Waals surface area contributed by atoms with Gasteiger partial charge in [0.15, 0.2) is 0 Å². The molecule has 0 aromatic carbocycles. The predicted octanol–water partition coefficient (Wildman–Crippen LogP) is 0.893.